The third-order valence-corrected chi connectivity index (χ3v) is 5.82. The minimum atomic E-state index is -4.39. The molecule has 4 heteroatoms. The summed E-state index contributed by atoms with van der Waals surface area (Å²) < 4.78 is 33.3. The summed E-state index contributed by atoms with van der Waals surface area (Å²) in [5, 5.41) is 1.79. The summed E-state index contributed by atoms with van der Waals surface area (Å²) in [7, 11) is -4.39. The highest BCUT2D eigenvalue weighted by Gasteiger charge is 2.03. The van der Waals surface area contributed by atoms with Crippen LogP contribution in [0.25, 0.3) is 10.8 Å². The Balaban J connectivity index is 1.71. The number of aryl methyl sites for hydroxylation is 1. The molecule has 0 atom stereocenters. The molecule has 0 saturated heterocycles. The summed E-state index contributed by atoms with van der Waals surface area (Å²) in [4.78, 5) is -0.160. The average molecular weight is 376 g/mol. The van der Waals surface area contributed by atoms with E-state index in [1.54, 1.807) is 6.07 Å². The maximum atomic E-state index is 11.1. The van der Waals surface area contributed by atoms with Gasteiger partial charge in [-0.2, -0.15) is 0 Å². The van der Waals surface area contributed by atoms with Crippen molar-refractivity contribution >= 4 is 20.9 Å². The van der Waals surface area contributed by atoms with Gasteiger partial charge in [0.25, 0.3) is 0 Å². The second-order valence-electron chi connectivity index (χ2n) is 7.23. The highest BCUT2D eigenvalue weighted by atomic mass is 32.2. The van der Waals surface area contributed by atoms with Crippen LogP contribution in [-0.4, -0.2) is 13.0 Å². The first-order valence-corrected chi connectivity index (χ1v) is 11.4. The average Bonchev–Trinajstić information content (AvgIpc) is 2.62. The predicted octanol–water partition coefficient (Wildman–Crippen LogP) is 6.21. The van der Waals surface area contributed by atoms with Crippen LogP contribution in [0.5, 0.6) is 0 Å². The van der Waals surface area contributed by atoms with Crippen LogP contribution in [0.3, 0.4) is 0 Å². The Hall–Kier alpha value is -1.39. The molecule has 2 rings (SSSR count). The van der Waals surface area contributed by atoms with Crippen molar-refractivity contribution in [3.05, 3.63) is 42.0 Å². The Bertz CT molecular complexity index is 781. The Morgan fingerprint density at radius 3 is 1.88 bits per heavy atom. The molecule has 0 radical (unpaired) electrons. The van der Waals surface area contributed by atoms with Crippen molar-refractivity contribution in [2.75, 3.05) is 0 Å². The molecule has 0 aliphatic heterocycles. The molecule has 144 valence electrons. The standard InChI is InChI=1S/C22H32O3S/c1-2-3-4-5-6-7-8-9-10-11-12-19-13-14-21-18-22(26(23,24)25)16-15-20(21)17-19/h13-18H,2-12H2,1H3,(H,23,24,25)/p-1. The lowest BCUT2D eigenvalue weighted by molar-refractivity contribution is 0.463. The Kier molecular flexibility index (Phi) is 8.60. The summed E-state index contributed by atoms with van der Waals surface area (Å²) in [6.45, 7) is 2.25. The first-order chi connectivity index (χ1) is 12.5. The molecule has 0 amide bonds. The Morgan fingerprint density at radius 2 is 1.27 bits per heavy atom. The summed E-state index contributed by atoms with van der Waals surface area (Å²) in [6, 6.07) is 10.6. The zero-order valence-electron chi connectivity index (χ0n) is 15.9. The van der Waals surface area contributed by atoms with Gasteiger partial charge in [-0.1, -0.05) is 89.0 Å². The first kappa shape index (κ1) is 20.9. The maximum Gasteiger partial charge on any atom is 0.124 e. The molecule has 0 aliphatic rings. The van der Waals surface area contributed by atoms with Crippen molar-refractivity contribution in [2.45, 2.75) is 82.4 Å². The monoisotopic (exact) mass is 375 g/mol. The van der Waals surface area contributed by atoms with E-state index < -0.39 is 10.1 Å². The van der Waals surface area contributed by atoms with E-state index in [1.165, 1.54) is 81.9 Å². The molecule has 0 bridgehead atoms. The SMILES string of the molecule is CCCCCCCCCCCCc1ccc2cc(S(=O)(=O)[O-])ccc2c1. The number of unbranched alkanes of at least 4 members (excludes halogenated alkanes) is 9. The fourth-order valence-electron chi connectivity index (χ4n) is 3.40. The lowest BCUT2D eigenvalue weighted by atomic mass is 10.0. The van der Waals surface area contributed by atoms with Crippen LogP contribution in [0.2, 0.25) is 0 Å². The van der Waals surface area contributed by atoms with Crippen LogP contribution < -0.4 is 0 Å². The molecule has 0 aliphatic carbocycles. The minimum absolute atomic E-state index is 0.160. The minimum Gasteiger partial charge on any atom is -0.744 e. The van der Waals surface area contributed by atoms with E-state index in [9.17, 15) is 13.0 Å². The van der Waals surface area contributed by atoms with Gasteiger partial charge in [-0.3, -0.25) is 0 Å². The number of fused-ring (bicyclic) bond motifs is 1. The maximum absolute atomic E-state index is 11.1. The van der Waals surface area contributed by atoms with E-state index in [2.05, 4.69) is 13.0 Å². The quantitative estimate of drug-likeness (QED) is 0.327. The lowest BCUT2D eigenvalue weighted by Crippen LogP contribution is -1.98. The molecule has 0 fully saturated rings. The highest BCUT2D eigenvalue weighted by Crippen LogP contribution is 2.21. The van der Waals surface area contributed by atoms with Crippen molar-refractivity contribution < 1.29 is 13.0 Å². The van der Waals surface area contributed by atoms with Gasteiger partial charge in [-0.05, 0) is 41.3 Å². The van der Waals surface area contributed by atoms with Gasteiger partial charge < -0.3 is 4.55 Å². The van der Waals surface area contributed by atoms with E-state index in [0.717, 1.165) is 17.2 Å². The second kappa shape index (κ2) is 10.7. The van der Waals surface area contributed by atoms with Crippen LogP contribution in [0, 0.1) is 0 Å². The molecule has 0 spiro atoms. The molecule has 0 saturated carbocycles. The number of rotatable bonds is 12. The van der Waals surface area contributed by atoms with Gasteiger partial charge in [0.15, 0.2) is 0 Å². The molecule has 3 nitrogen and oxygen atoms in total. The van der Waals surface area contributed by atoms with Crippen molar-refractivity contribution in [2.24, 2.45) is 0 Å². The van der Waals surface area contributed by atoms with Crippen molar-refractivity contribution in [3.8, 4) is 0 Å². The largest absolute Gasteiger partial charge is 0.744 e. The van der Waals surface area contributed by atoms with E-state index in [4.69, 9.17) is 0 Å². The highest BCUT2D eigenvalue weighted by molar-refractivity contribution is 7.85. The van der Waals surface area contributed by atoms with Gasteiger partial charge in [0.1, 0.15) is 10.1 Å². The fourth-order valence-corrected chi connectivity index (χ4v) is 3.91. The number of hydrogen-bond acceptors (Lipinski definition) is 3. The lowest BCUT2D eigenvalue weighted by Gasteiger charge is -2.09. The summed E-state index contributed by atoms with van der Waals surface area (Å²) in [6.07, 6.45) is 14.4. The van der Waals surface area contributed by atoms with Crippen molar-refractivity contribution in [1.82, 2.24) is 0 Å². The summed E-state index contributed by atoms with van der Waals surface area (Å²) in [5.41, 5.74) is 1.27. The molecule has 2 aromatic rings. The van der Waals surface area contributed by atoms with Crippen molar-refractivity contribution in [3.63, 3.8) is 0 Å². The van der Waals surface area contributed by atoms with Gasteiger partial charge in [0, 0.05) is 0 Å². The fraction of sp³-hybridized carbons (Fsp3) is 0.545. The van der Waals surface area contributed by atoms with Crippen LogP contribution in [0.4, 0.5) is 0 Å². The third-order valence-electron chi connectivity index (χ3n) is 4.98. The van der Waals surface area contributed by atoms with Crippen LogP contribution in [-0.2, 0) is 16.5 Å². The predicted molar refractivity (Wildman–Crippen MR) is 107 cm³/mol. The van der Waals surface area contributed by atoms with Gasteiger partial charge in [-0.15, -0.1) is 0 Å². The van der Waals surface area contributed by atoms with E-state index in [1.807, 2.05) is 12.1 Å². The normalized spacial score (nSPS) is 11.9. The zero-order chi connectivity index (χ0) is 18.8. The summed E-state index contributed by atoms with van der Waals surface area (Å²) >= 11 is 0. The topological polar surface area (TPSA) is 57.2 Å². The first-order valence-electron chi connectivity index (χ1n) is 9.99. The second-order valence-corrected chi connectivity index (χ2v) is 8.61. The van der Waals surface area contributed by atoms with Crippen molar-refractivity contribution in [1.29, 1.82) is 0 Å². The number of hydrogen-bond donors (Lipinski definition) is 0. The van der Waals surface area contributed by atoms with Crippen LogP contribution in [0.1, 0.15) is 76.7 Å². The third kappa shape index (κ3) is 7.08. The van der Waals surface area contributed by atoms with Gasteiger partial charge in [-0.25, -0.2) is 8.42 Å². The Morgan fingerprint density at radius 1 is 0.731 bits per heavy atom. The number of benzene rings is 2. The van der Waals surface area contributed by atoms with E-state index >= 15 is 0 Å². The molecule has 0 unspecified atom stereocenters. The van der Waals surface area contributed by atoms with E-state index in [-0.39, 0.29) is 4.90 Å². The van der Waals surface area contributed by atoms with Gasteiger partial charge in [0.05, 0.1) is 4.90 Å². The summed E-state index contributed by atoms with van der Waals surface area (Å²) in [5.74, 6) is 0. The molecule has 26 heavy (non-hydrogen) atoms. The van der Waals surface area contributed by atoms with Crippen LogP contribution >= 0.6 is 0 Å². The molecule has 0 N–H and O–H groups in total. The molecule has 2 aromatic carbocycles. The Labute approximate surface area is 158 Å². The van der Waals surface area contributed by atoms with Gasteiger partial charge >= 0.3 is 0 Å². The molecule has 0 heterocycles. The van der Waals surface area contributed by atoms with Crippen LogP contribution in [0.15, 0.2) is 41.3 Å². The van der Waals surface area contributed by atoms with Gasteiger partial charge in [0.2, 0.25) is 0 Å². The smallest absolute Gasteiger partial charge is 0.124 e. The molecule has 0 aromatic heterocycles. The molecular formula is C22H31O3S-. The zero-order valence-corrected chi connectivity index (χ0v) is 16.7. The molecular weight excluding hydrogens is 344 g/mol. The van der Waals surface area contributed by atoms with E-state index in [0.29, 0.717) is 0 Å².